The number of anilines is 1. The lowest BCUT2D eigenvalue weighted by molar-refractivity contribution is 0.0698. The number of nitrogens with one attached hydrogen (secondary N) is 1. The van der Waals surface area contributed by atoms with Gasteiger partial charge in [-0.15, -0.1) is 22.7 Å². The number of carboxylic acid groups (broad SMARTS) is 1. The summed E-state index contributed by atoms with van der Waals surface area (Å²) in [5.41, 5.74) is 0.112. The molecule has 2 aromatic heterocycles. The lowest BCUT2D eigenvalue weighted by Gasteiger charge is -2.24. The Kier molecular flexibility index (Phi) is 4.64. The van der Waals surface area contributed by atoms with Crippen molar-refractivity contribution in [2.75, 3.05) is 12.4 Å². The van der Waals surface area contributed by atoms with Crippen molar-refractivity contribution in [3.8, 4) is 0 Å². The van der Waals surface area contributed by atoms with E-state index in [4.69, 9.17) is 5.11 Å². The van der Waals surface area contributed by atoms with Crippen LogP contribution in [0.2, 0.25) is 0 Å². The van der Waals surface area contributed by atoms with Gasteiger partial charge in [-0.05, 0) is 37.4 Å². The second kappa shape index (κ2) is 6.28. The average molecular weight is 324 g/mol. The molecule has 0 saturated carbocycles. The van der Waals surface area contributed by atoms with Gasteiger partial charge in [0.1, 0.15) is 5.00 Å². The molecule has 7 heteroatoms. The second-order valence-corrected chi connectivity index (χ2v) is 6.87. The first kappa shape index (κ1) is 15.5. The number of aryl methyl sites for hydroxylation is 1. The van der Waals surface area contributed by atoms with Crippen molar-refractivity contribution in [3.63, 3.8) is 0 Å². The number of hydrogen-bond acceptors (Lipinski definition) is 4. The topological polar surface area (TPSA) is 69.6 Å². The van der Waals surface area contributed by atoms with Crippen LogP contribution in [0.4, 0.5) is 9.80 Å². The van der Waals surface area contributed by atoms with Gasteiger partial charge >= 0.3 is 12.0 Å². The Bertz CT molecular complexity index is 663. The van der Waals surface area contributed by atoms with Crippen molar-refractivity contribution in [1.29, 1.82) is 0 Å². The Morgan fingerprint density at radius 3 is 2.62 bits per heavy atom. The lowest BCUT2D eigenvalue weighted by atomic mass is 10.2. The van der Waals surface area contributed by atoms with Crippen molar-refractivity contribution >= 4 is 39.7 Å². The molecule has 2 N–H and O–H groups in total. The number of hydrogen-bond donors (Lipinski definition) is 2. The van der Waals surface area contributed by atoms with Gasteiger partial charge in [0.05, 0.1) is 11.6 Å². The first-order valence-electron chi connectivity index (χ1n) is 6.31. The summed E-state index contributed by atoms with van der Waals surface area (Å²) < 4.78 is 0. The fourth-order valence-electron chi connectivity index (χ4n) is 1.80. The molecule has 0 bridgehead atoms. The maximum Gasteiger partial charge on any atom is 0.338 e. The van der Waals surface area contributed by atoms with Crippen LogP contribution in [0, 0.1) is 6.92 Å². The molecule has 2 aromatic rings. The molecule has 21 heavy (non-hydrogen) atoms. The highest BCUT2D eigenvalue weighted by Gasteiger charge is 2.21. The Hall–Kier alpha value is -1.86. The molecule has 1 unspecified atom stereocenters. The number of carboxylic acids is 1. The Balaban J connectivity index is 2.09. The van der Waals surface area contributed by atoms with E-state index in [0.717, 1.165) is 4.88 Å². The van der Waals surface area contributed by atoms with E-state index in [-0.39, 0.29) is 17.6 Å². The molecule has 0 aliphatic heterocycles. The van der Waals surface area contributed by atoms with Crippen LogP contribution < -0.4 is 5.32 Å². The van der Waals surface area contributed by atoms with Gasteiger partial charge in [0.15, 0.2) is 0 Å². The summed E-state index contributed by atoms with van der Waals surface area (Å²) in [5.74, 6) is -1.05. The van der Waals surface area contributed by atoms with Gasteiger partial charge in [-0.1, -0.05) is 0 Å². The van der Waals surface area contributed by atoms with Crippen LogP contribution in [-0.2, 0) is 0 Å². The number of rotatable bonds is 4. The first-order valence-corrected chi connectivity index (χ1v) is 8.00. The van der Waals surface area contributed by atoms with E-state index in [1.54, 1.807) is 28.7 Å². The highest BCUT2D eigenvalue weighted by molar-refractivity contribution is 7.14. The van der Waals surface area contributed by atoms with E-state index in [2.05, 4.69) is 5.32 Å². The Morgan fingerprint density at radius 1 is 1.33 bits per heavy atom. The summed E-state index contributed by atoms with van der Waals surface area (Å²) in [6.07, 6.45) is 0. The second-order valence-electron chi connectivity index (χ2n) is 4.63. The number of carbonyl (C=O) groups excluding carboxylic acids is 1. The van der Waals surface area contributed by atoms with E-state index in [0.29, 0.717) is 5.00 Å². The molecule has 2 rings (SSSR count). The molecule has 0 spiro atoms. The fourth-order valence-corrected chi connectivity index (χ4v) is 3.55. The molecule has 0 aromatic carbocycles. The summed E-state index contributed by atoms with van der Waals surface area (Å²) in [6.45, 7) is 3.96. The van der Waals surface area contributed by atoms with Crippen LogP contribution in [0.5, 0.6) is 0 Å². The summed E-state index contributed by atoms with van der Waals surface area (Å²) >= 11 is 2.84. The fraction of sp³-hybridized carbons (Fsp3) is 0.286. The number of aromatic carboxylic acids is 1. The largest absolute Gasteiger partial charge is 0.478 e. The Morgan fingerprint density at radius 2 is 2.05 bits per heavy atom. The zero-order valence-corrected chi connectivity index (χ0v) is 13.5. The van der Waals surface area contributed by atoms with Crippen molar-refractivity contribution in [2.24, 2.45) is 0 Å². The minimum atomic E-state index is -1.05. The zero-order chi connectivity index (χ0) is 15.6. The molecule has 0 fully saturated rings. The highest BCUT2D eigenvalue weighted by Crippen LogP contribution is 2.28. The standard InChI is InChI=1S/C14H16N2O3S2/c1-8-4-5-11(21-8)9(2)16(3)14(19)15-12-10(13(17)18)6-7-20-12/h4-7,9H,1-3H3,(H,15,19)(H,17,18). The van der Waals surface area contributed by atoms with Gasteiger partial charge in [-0.2, -0.15) is 0 Å². The van der Waals surface area contributed by atoms with Gasteiger partial charge in [0.25, 0.3) is 0 Å². The first-order chi connectivity index (χ1) is 9.90. The molecule has 0 aliphatic rings. The number of thiophene rings is 2. The predicted molar refractivity (Wildman–Crippen MR) is 85.5 cm³/mol. The smallest absolute Gasteiger partial charge is 0.338 e. The number of amides is 2. The van der Waals surface area contributed by atoms with E-state index < -0.39 is 5.97 Å². The van der Waals surface area contributed by atoms with Gasteiger partial charge in [-0.25, -0.2) is 9.59 Å². The van der Waals surface area contributed by atoms with Crippen LogP contribution in [0.25, 0.3) is 0 Å². The van der Waals surface area contributed by atoms with Gasteiger partial charge in [0.2, 0.25) is 0 Å². The van der Waals surface area contributed by atoms with Crippen molar-refractivity contribution < 1.29 is 14.7 Å². The highest BCUT2D eigenvalue weighted by atomic mass is 32.1. The molecular formula is C14H16N2O3S2. The maximum absolute atomic E-state index is 12.2. The average Bonchev–Trinajstić information content (AvgIpc) is 3.05. The molecule has 2 heterocycles. The summed E-state index contributed by atoms with van der Waals surface area (Å²) in [5, 5.41) is 13.7. The monoisotopic (exact) mass is 324 g/mol. The van der Waals surface area contributed by atoms with Gasteiger partial charge in [-0.3, -0.25) is 5.32 Å². The van der Waals surface area contributed by atoms with Crippen molar-refractivity contribution in [3.05, 3.63) is 38.9 Å². The van der Waals surface area contributed by atoms with Crippen molar-refractivity contribution in [2.45, 2.75) is 19.9 Å². The summed E-state index contributed by atoms with van der Waals surface area (Å²) in [4.78, 5) is 27.1. The third-order valence-electron chi connectivity index (χ3n) is 3.19. The minimum absolute atomic E-state index is 0.0723. The quantitative estimate of drug-likeness (QED) is 0.891. The van der Waals surface area contributed by atoms with Crippen LogP contribution in [0.15, 0.2) is 23.6 Å². The maximum atomic E-state index is 12.2. The number of carbonyl (C=O) groups is 2. The van der Waals surface area contributed by atoms with E-state index in [1.807, 2.05) is 26.0 Å². The molecule has 112 valence electrons. The summed E-state index contributed by atoms with van der Waals surface area (Å²) in [7, 11) is 1.70. The van der Waals surface area contributed by atoms with Gasteiger partial charge in [0, 0.05) is 16.8 Å². The van der Waals surface area contributed by atoms with E-state index >= 15 is 0 Å². The van der Waals surface area contributed by atoms with Crippen LogP contribution in [-0.4, -0.2) is 29.1 Å². The van der Waals surface area contributed by atoms with E-state index in [9.17, 15) is 9.59 Å². The molecule has 5 nitrogen and oxygen atoms in total. The van der Waals surface area contributed by atoms with Crippen LogP contribution in [0.3, 0.4) is 0 Å². The molecule has 0 saturated heterocycles. The Labute approximate surface area is 130 Å². The number of urea groups is 1. The predicted octanol–water partition coefficient (Wildman–Crippen LogP) is 4.04. The zero-order valence-electron chi connectivity index (χ0n) is 11.9. The minimum Gasteiger partial charge on any atom is -0.478 e. The molecular weight excluding hydrogens is 308 g/mol. The third kappa shape index (κ3) is 3.43. The third-order valence-corrected chi connectivity index (χ3v) is 5.19. The molecule has 0 radical (unpaired) electrons. The normalized spacial score (nSPS) is 12.0. The van der Waals surface area contributed by atoms with E-state index in [1.165, 1.54) is 22.3 Å². The number of nitrogens with zero attached hydrogens (tertiary/aromatic N) is 1. The molecule has 1 atom stereocenters. The van der Waals surface area contributed by atoms with Crippen molar-refractivity contribution in [1.82, 2.24) is 4.90 Å². The summed E-state index contributed by atoms with van der Waals surface area (Å²) in [6, 6.07) is 5.11. The van der Waals surface area contributed by atoms with Crippen LogP contribution in [0.1, 0.15) is 33.1 Å². The molecule has 2 amide bonds. The lowest BCUT2D eigenvalue weighted by Crippen LogP contribution is -2.33. The SMILES string of the molecule is Cc1ccc(C(C)N(C)C(=O)Nc2sccc2C(=O)O)s1. The van der Waals surface area contributed by atoms with Crippen LogP contribution >= 0.6 is 22.7 Å². The molecule has 0 aliphatic carbocycles. The van der Waals surface area contributed by atoms with Gasteiger partial charge < -0.3 is 10.0 Å².